The Hall–Kier alpha value is -0.650. The van der Waals surface area contributed by atoms with Gasteiger partial charge in [0.1, 0.15) is 6.10 Å². The highest BCUT2D eigenvalue weighted by Crippen LogP contribution is 2.36. The van der Waals surface area contributed by atoms with E-state index in [9.17, 15) is 4.79 Å². The summed E-state index contributed by atoms with van der Waals surface area (Å²) in [5.74, 6) is -0.363. The molecule has 2 fully saturated rings. The molecule has 122 valence electrons. The lowest BCUT2D eigenvalue weighted by atomic mass is 9.91. The second-order valence-electron chi connectivity index (χ2n) is 6.11. The van der Waals surface area contributed by atoms with E-state index in [4.69, 9.17) is 14.2 Å². The molecule has 0 aromatic carbocycles. The molecular weight excluding hydrogens is 270 g/mol. The van der Waals surface area contributed by atoms with Crippen LogP contribution in [0.15, 0.2) is 0 Å². The number of carbonyl (C=O) groups is 1. The summed E-state index contributed by atoms with van der Waals surface area (Å²) in [5.41, 5.74) is 0. The summed E-state index contributed by atoms with van der Waals surface area (Å²) in [4.78, 5) is 12.1. The Labute approximate surface area is 127 Å². The molecular formula is C16H29NO4. The summed E-state index contributed by atoms with van der Waals surface area (Å²) in [6.07, 6.45) is 5.15. The van der Waals surface area contributed by atoms with Crippen molar-refractivity contribution in [3.63, 3.8) is 0 Å². The highest BCUT2D eigenvalue weighted by molar-refractivity contribution is 5.80. The summed E-state index contributed by atoms with van der Waals surface area (Å²) in [7, 11) is 0. The standard InChI is InChI=1S/C16H29NO4/c1-4-13(5-2)17-15(18)12(3)21-14-6-8-16(9-7-14)19-10-11-20-16/h12-14H,4-11H2,1-3H3,(H,17,18). The normalized spacial score (nSPS) is 23.6. The first-order chi connectivity index (χ1) is 10.1. The molecule has 0 aromatic rings. The fraction of sp³-hybridized carbons (Fsp3) is 0.938. The number of ether oxygens (including phenoxy) is 3. The topological polar surface area (TPSA) is 56.8 Å². The molecule has 0 aromatic heterocycles. The van der Waals surface area contributed by atoms with Crippen LogP contribution in [0, 0.1) is 0 Å². The molecule has 1 N–H and O–H groups in total. The average Bonchev–Trinajstić information content (AvgIpc) is 2.95. The van der Waals surface area contributed by atoms with Crippen molar-refractivity contribution in [3.05, 3.63) is 0 Å². The highest BCUT2D eigenvalue weighted by atomic mass is 16.7. The van der Waals surface area contributed by atoms with Crippen LogP contribution in [0.4, 0.5) is 0 Å². The van der Waals surface area contributed by atoms with Crippen LogP contribution >= 0.6 is 0 Å². The van der Waals surface area contributed by atoms with Gasteiger partial charge in [-0.1, -0.05) is 13.8 Å². The van der Waals surface area contributed by atoms with E-state index in [2.05, 4.69) is 19.2 Å². The van der Waals surface area contributed by atoms with Crippen LogP contribution in [-0.2, 0) is 19.0 Å². The number of amides is 1. The van der Waals surface area contributed by atoms with Gasteiger partial charge in [0.2, 0.25) is 5.91 Å². The number of carbonyl (C=O) groups excluding carboxylic acids is 1. The van der Waals surface area contributed by atoms with Crippen LogP contribution in [0.3, 0.4) is 0 Å². The Morgan fingerprint density at radius 2 is 1.81 bits per heavy atom. The zero-order valence-electron chi connectivity index (χ0n) is 13.5. The van der Waals surface area contributed by atoms with E-state index in [0.717, 1.165) is 38.5 Å². The second kappa shape index (κ2) is 7.56. The number of rotatable bonds is 6. The molecule has 1 heterocycles. The minimum atomic E-state index is -0.393. The molecule has 1 amide bonds. The van der Waals surface area contributed by atoms with Gasteiger partial charge in [0.25, 0.3) is 0 Å². The summed E-state index contributed by atoms with van der Waals surface area (Å²) in [6, 6.07) is 0.249. The van der Waals surface area contributed by atoms with Gasteiger partial charge in [0, 0.05) is 18.9 Å². The SMILES string of the molecule is CCC(CC)NC(=O)C(C)OC1CCC2(CC1)OCCO2. The lowest BCUT2D eigenvalue weighted by Crippen LogP contribution is -2.44. The van der Waals surface area contributed by atoms with Crippen molar-refractivity contribution in [1.29, 1.82) is 0 Å². The number of nitrogens with one attached hydrogen (secondary N) is 1. The van der Waals surface area contributed by atoms with E-state index in [-0.39, 0.29) is 23.8 Å². The van der Waals surface area contributed by atoms with Gasteiger partial charge in [-0.25, -0.2) is 0 Å². The zero-order valence-corrected chi connectivity index (χ0v) is 13.5. The predicted molar refractivity (Wildman–Crippen MR) is 80.0 cm³/mol. The first kappa shape index (κ1) is 16.7. The van der Waals surface area contributed by atoms with Crippen molar-refractivity contribution < 1.29 is 19.0 Å². The minimum absolute atomic E-state index is 0.00245. The molecule has 0 bridgehead atoms. The van der Waals surface area contributed by atoms with E-state index in [1.54, 1.807) is 0 Å². The Morgan fingerprint density at radius 3 is 2.33 bits per heavy atom. The largest absolute Gasteiger partial charge is 0.365 e. The summed E-state index contributed by atoms with van der Waals surface area (Å²) in [6.45, 7) is 7.40. The van der Waals surface area contributed by atoms with Crippen molar-refractivity contribution in [2.75, 3.05) is 13.2 Å². The summed E-state index contributed by atoms with van der Waals surface area (Å²) in [5, 5.41) is 3.04. The van der Waals surface area contributed by atoms with Gasteiger partial charge in [0.05, 0.1) is 19.3 Å². The smallest absolute Gasteiger partial charge is 0.249 e. The number of hydrogen-bond donors (Lipinski definition) is 1. The first-order valence-corrected chi connectivity index (χ1v) is 8.32. The predicted octanol–water partition coefficient (Wildman–Crippen LogP) is 2.38. The maximum Gasteiger partial charge on any atom is 0.249 e. The minimum Gasteiger partial charge on any atom is -0.365 e. The van der Waals surface area contributed by atoms with E-state index in [1.165, 1.54) is 0 Å². The summed E-state index contributed by atoms with van der Waals surface area (Å²) >= 11 is 0. The molecule has 2 aliphatic rings. The first-order valence-electron chi connectivity index (χ1n) is 8.32. The van der Waals surface area contributed by atoms with Crippen molar-refractivity contribution in [2.24, 2.45) is 0 Å². The Morgan fingerprint density at radius 1 is 1.24 bits per heavy atom. The molecule has 5 heteroatoms. The molecule has 1 aliphatic heterocycles. The van der Waals surface area contributed by atoms with Gasteiger partial charge < -0.3 is 19.5 Å². The van der Waals surface area contributed by atoms with E-state index >= 15 is 0 Å². The molecule has 21 heavy (non-hydrogen) atoms. The van der Waals surface area contributed by atoms with Gasteiger partial charge in [-0.3, -0.25) is 4.79 Å². The monoisotopic (exact) mass is 299 g/mol. The van der Waals surface area contributed by atoms with Crippen molar-refractivity contribution >= 4 is 5.91 Å². The maximum atomic E-state index is 12.1. The molecule has 1 spiro atoms. The zero-order chi connectivity index (χ0) is 15.3. The fourth-order valence-electron chi connectivity index (χ4n) is 3.11. The van der Waals surface area contributed by atoms with Crippen LogP contribution < -0.4 is 5.32 Å². The third-order valence-electron chi connectivity index (χ3n) is 4.61. The van der Waals surface area contributed by atoms with E-state index in [0.29, 0.717) is 13.2 Å². The lowest BCUT2D eigenvalue weighted by Gasteiger charge is -2.36. The molecule has 1 unspecified atom stereocenters. The van der Waals surface area contributed by atoms with Crippen LogP contribution in [0.5, 0.6) is 0 Å². The van der Waals surface area contributed by atoms with Gasteiger partial charge in [-0.15, -0.1) is 0 Å². The molecule has 1 atom stereocenters. The second-order valence-corrected chi connectivity index (χ2v) is 6.11. The number of hydrogen-bond acceptors (Lipinski definition) is 4. The summed E-state index contributed by atoms with van der Waals surface area (Å²) < 4.78 is 17.3. The Kier molecular flexibility index (Phi) is 6.02. The van der Waals surface area contributed by atoms with E-state index in [1.807, 2.05) is 6.92 Å². The van der Waals surface area contributed by atoms with Gasteiger partial charge in [0.15, 0.2) is 5.79 Å². The molecule has 1 saturated heterocycles. The fourth-order valence-corrected chi connectivity index (χ4v) is 3.11. The maximum absolute atomic E-state index is 12.1. The van der Waals surface area contributed by atoms with E-state index < -0.39 is 6.10 Å². The average molecular weight is 299 g/mol. The quantitative estimate of drug-likeness (QED) is 0.818. The van der Waals surface area contributed by atoms with Gasteiger partial charge in [-0.2, -0.15) is 0 Å². The van der Waals surface area contributed by atoms with Crippen molar-refractivity contribution in [2.45, 2.75) is 83.3 Å². The Balaban J connectivity index is 1.73. The molecule has 0 radical (unpaired) electrons. The van der Waals surface area contributed by atoms with Crippen LogP contribution in [0.1, 0.15) is 59.3 Å². The third-order valence-corrected chi connectivity index (χ3v) is 4.61. The van der Waals surface area contributed by atoms with Crippen molar-refractivity contribution in [1.82, 2.24) is 5.32 Å². The third kappa shape index (κ3) is 4.41. The van der Waals surface area contributed by atoms with Crippen LogP contribution in [-0.4, -0.2) is 43.2 Å². The Bertz CT molecular complexity index is 327. The van der Waals surface area contributed by atoms with Gasteiger partial charge in [-0.05, 0) is 32.6 Å². The van der Waals surface area contributed by atoms with Crippen molar-refractivity contribution in [3.8, 4) is 0 Å². The molecule has 1 aliphatic carbocycles. The van der Waals surface area contributed by atoms with Gasteiger partial charge >= 0.3 is 0 Å². The van der Waals surface area contributed by atoms with Crippen LogP contribution in [0.25, 0.3) is 0 Å². The molecule has 2 rings (SSSR count). The molecule has 5 nitrogen and oxygen atoms in total. The highest BCUT2D eigenvalue weighted by Gasteiger charge is 2.41. The van der Waals surface area contributed by atoms with Crippen LogP contribution in [0.2, 0.25) is 0 Å². The lowest BCUT2D eigenvalue weighted by molar-refractivity contribution is -0.195. The molecule has 1 saturated carbocycles.